The summed E-state index contributed by atoms with van der Waals surface area (Å²) in [5, 5.41) is 6.26. The van der Waals surface area contributed by atoms with Gasteiger partial charge in [0, 0.05) is 11.1 Å². The average Bonchev–Trinajstić information content (AvgIpc) is 2.57. The van der Waals surface area contributed by atoms with Crippen molar-refractivity contribution in [2.45, 2.75) is 32.7 Å². The Bertz CT molecular complexity index is 731. The number of hydrogen-bond acceptors (Lipinski definition) is 2. The number of amides is 2. The van der Waals surface area contributed by atoms with Crippen LogP contribution in [-0.4, -0.2) is 17.9 Å². The van der Waals surface area contributed by atoms with Crippen molar-refractivity contribution >= 4 is 29.1 Å². The summed E-state index contributed by atoms with van der Waals surface area (Å²) in [6.45, 7) is 3.94. The maximum atomic E-state index is 12.3. The van der Waals surface area contributed by atoms with E-state index in [0.29, 0.717) is 16.3 Å². The van der Waals surface area contributed by atoms with E-state index in [1.807, 2.05) is 32.0 Å². The third kappa shape index (κ3) is 4.83. The third-order valence-electron chi connectivity index (χ3n) is 3.74. The number of anilines is 1. The van der Waals surface area contributed by atoms with Crippen LogP contribution in [0.4, 0.5) is 5.69 Å². The largest absolute Gasteiger partial charge is 0.350 e. The molecule has 0 aliphatic rings. The zero-order valence-corrected chi connectivity index (χ0v) is 14.6. The fraction of sp³-hybridized carbons (Fsp3) is 0.263. The Morgan fingerprint density at radius 2 is 1.75 bits per heavy atom. The fourth-order valence-corrected chi connectivity index (χ4v) is 2.41. The average molecular weight is 345 g/mol. The van der Waals surface area contributed by atoms with Gasteiger partial charge in [-0.05, 0) is 37.1 Å². The van der Waals surface area contributed by atoms with Crippen LogP contribution in [0.25, 0.3) is 0 Å². The van der Waals surface area contributed by atoms with Crippen molar-refractivity contribution in [3.05, 3.63) is 64.7 Å². The van der Waals surface area contributed by atoms with E-state index in [-0.39, 0.29) is 24.3 Å². The standard InChI is InChI=1S/C19H21ClN2O2/c1-3-13(2)21-19(24)15-9-5-7-11-17(15)22-18(23)12-14-8-4-6-10-16(14)20/h4-11,13H,3,12H2,1-2H3,(H,21,24)(H,22,23)/t13-/m0/s1. The van der Waals surface area contributed by atoms with Crippen molar-refractivity contribution in [3.8, 4) is 0 Å². The molecule has 0 saturated carbocycles. The van der Waals surface area contributed by atoms with Gasteiger partial charge < -0.3 is 10.6 Å². The number of carbonyl (C=O) groups excluding carboxylic acids is 2. The van der Waals surface area contributed by atoms with Crippen molar-refractivity contribution in [2.24, 2.45) is 0 Å². The first-order valence-corrected chi connectivity index (χ1v) is 8.32. The quantitative estimate of drug-likeness (QED) is 0.830. The molecule has 5 heteroatoms. The number of rotatable bonds is 6. The van der Waals surface area contributed by atoms with E-state index in [0.717, 1.165) is 12.0 Å². The number of para-hydroxylation sites is 1. The number of carbonyl (C=O) groups is 2. The summed E-state index contributed by atoms with van der Waals surface area (Å²) in [4.78, 5) is 24.6. The molecule has 2 aromatic rings. The van der Waals surface area contributed by atoms with Gasteiger partial charge in [0.1, 0.15) is 0 Å². The summed E-state index contributed by atoms with van der Waals surface area (Å²) in [7, 11) is 0. The highest BCUT2D eigenvalue weighted by atomic mass is 35.5. The van der Waals surface area contributed by atoms with Gasteiger partial charge in [-0.1, -0.05) is 48.9 Å². The van der Waals surface area contributed by atoms with Crippen molar-refractivity contribution in [1.82, 2.24) is 5.32 Å². The van der Waals surface area contributed by atoms with Crippen LogP contribution in [0, 0.1) is 0 Å². The molecule has 0 aliphatic carbocycles. The van der Waals surface area contributed by atoms with E-state index >= 15 is 0 Å². The SMILES string of the molecule is CC[C@H](C)NC(=O)c1ccccc1NC(=O)Cc1ccccc1Cl. The Hall–Kier alpha value is -2.33. The molecular formula is C19H21ClN2O2. The first-order chi connectivity index (χ1) is 11.5. The molecule has 0 fully saturated rings. The summed E-state index contributed by atoms with van der Waals surface area (Å²) in [6.07, 6.45) is 0.994. The lowest BCUT2D eigenvalue weighted by Crippen LogP contribution is -2.32. The molecule has 4 nitrogen and oxygen atoms in total. The van der Waals surface area contributed by atoms with Gasteiger partial charge in [-0.2, -0.15) is 0 Å². The third-order valence-corrected chi connectivity index (χ3v) is 4.11. The minimum atomic E-state index is -0.216. The molecule has 0 bridgehead atoms. The predicted molar refractivity (Wildman–Crippen MR) is 97.4 cm³/mol. The lowest BCUT2D eigenvalue weighted by molar-refractivity contribution is -0.115. The number of benzene rings is 2. The van der Waals surface area contributed by atoms with Gasteiger partial charge in [0.05, 0.1) is 17.7 Å². The van der Waals surface area contributed by atoms with Crippen LogP contribution in [-0.2, 0) is 11.2 Å². The Morgan fingerprint density at radius 1 is 1.08 bits per heavy atom. The smallest absolute Gasteiger partial charge is 0.253 e. The lowest BCUT2D eigenvalue weighted by atomic mass is 10.1. The molecule has 2 N–H and O–H groups in total. The lowest BCUT2D eigenvalue weighted by Gasteiger charge is -2.14. The fourth-order valence-electron chi connectivity index (χ4n) is 2.20. The van der Waals surface area contributed by atoms with Crippen LogP contribution in [0.1, 0.15) is 36.2 Å². The molecule has 0 saturated heterocycles. The summed E-state index contributed by atoms with van der Waals surface area (Å²) >= 11 is 6.08. The van der Waals surface area contributed by atoms with Crippen LogP contribution in [0.15, 0.2) is 48.5 Å². The molecule has 2 rings (SSSR count). The van der Waals surface area contributed by atoms with Crippen molar-refractivity contribution in [2.75, 3.05) is 5.32 Å². The highest BCUT2D eigenvalue weighted by Crippen LogP contribution is 2.18. The summed E-state index contributed by atoms with van der Waals surface area (Å²) in [5.74, 6) is -0.412. The van der Waals surface area contributed by atoms with Gasteiger partial charge in [-0.25, -0.2) is 0 Å². The monoisotopic (exact) mass is 344 g/mol. The van der Waals surface area contributed by atoms with Crippen LogP contribution < -0.4 is 10.6 Å². The van der Waals surface area contributed by atoms with Gasteiger partial charge in [-0.15, -0.1) is 0 Å². The molecule has 24 heavy (non-hydrogen) atoms. The highest BCUT2D eigenvalue weighted by molar-refractivity contribution is 6.31. The Balaban J connectivity index is 2.11. The van der Waals surface area contributed by atoms with Crippen LogP contribution in [0.2, 0.25) is 5.02 Å². The normalized spacial score (nSPS) is 11.6. The molecule has 0 aliphatic heterocycles. The second-order valence-corrected chi connectivity index (χ2v) is 6.05. The Kier molecular flexibility index (Phi) is 6.38. The number of halogens is 1. The van der Waals surface area contributed by atoms with E-state index < -0.39 is 0 Å². The topological polar surface area (TPSA) is 58.2 Å². The highest BCUT2D eigenvalue weighted by Gasteiger charge is 2.15. The Morgan fingerprint density at radius 3 is 2.46 bits per heavy atom. The minimum Gasteiger partial charge on any atom is -0.350 e. The molecular weight excluding hydrogens is 324 g/mol. The maximum absolute atomic E-state index is 12.3. The molecule has 0 heterocycles. The van der Waals surface area contributed by atoms with Gasteiger partial charge in [0.15, 0.2) is 0 Å². The van der Waals surface area contributed by atoms with E-state index in [1.54, 1.807) is 30.3 Å². The molecule has 2 aromatic carbocycles. The first-order valence-electron chi connectivity index (χ1n) is 7.94. The van der Waals surface area contributed by atoms with E-state index in [4.69, 9.17) is 11.6 Å². The van der Waals surface area contributed by atoms with Gasteiger partial charge in [0.25, 0.3) is 5.91 Å². The first kappa shape index (κ1) is 18.0. The van der Waals surface area contributed by atoms with E-state index in [1.165, 1.54) is 0 Å². The maximum Gasteiger partial charge on any atom is 0.253 e. The van der Waals surface area contributed by atoms with Gasteiger partial charge >= 0.3 is 0 Å². The predicted octanol–water partition coefficient (Wildman–Crippen LogP) is 4.05. The van der Waals surface area contributed by atoms with Crippen LogP contribution >= 0.6 is 11.6 Å². The van der Waals surface area contributed by atoms with Crippen LogP contribution in [0.3, 0.4) is 0 Å². The zero-order chi connectivity index (χ0) is 17.5. The van der Waals surface area contributed by atoms with Crippen LogP contribution in [0.5, 0.6) is 0 Å². The molecule has 1 atom stereocenters. The van der Waals surface area contributed by atoms with Gasteiger partial charge in [0.2, 0.25) is 5.91 Å². The van der Waals surface area contributed by atoms with Gasteiger partial charge in [-0.3, -0.25) is 9.59 Å². The van der Waals surface area contributed by atoms with Crippen molar-refractivity contribution in [1.29, 1.82) is 0 Å². The number of hydrogen-bond donors (Lipinski definition) is 2. The second kappa shape index (κ2) is 8.50. The molecule has 0 spiro atoms. The minimum absolute atomic E-state index is 0.0735. The number of nitrogens with one attached hydrogen (secondary N) is 2. The summed E-state index contributed by atoms with van der Waals surface area (Å²) in [5.41, 5.74) is 1.69. The molecule has 0 radical (unpaired) electrons. The molecule has 0 unspecified atom stereocenters. The Labute approximate surface area is 147 Å². The molecule has 2 amide bonds. The second-order valence-electron chi connectivity index (χ2n) is 5.64. The van der Waals surface area contributed by atoms with Crippen molar-refractivity contribution in [3.63, 3.8) is 0 Å². The zero-order valence-electron chi connectivity index (χ0n) is 13.8. The molecule has 126 valence electrons. The van der Waals surface area contributed by atoms with E-state index in [9.17, 15) is 9.59 Å². The van der Waals surface area contributed by atoms with Crippen molar-refractivity contribution < 1.29 is 9.59 Å². The molecule has 0 aromatic heterocycles. The summed E-state index contributed by atoms with van der Waals surface area (Å²) in [6, 6.07) is 14.3. The summed E-state index contributed by atoms with van der Waals surface area (Å²) < 4.78 is 0. The van der Waals surface area contributed by atoms with E-state index in [2.05, 4.69) is 10.6 Å².